The first-order chi connectivity index (χ1) is 34.1. The van der Waals surface area contributed by atoms with Gasteiger partial charge in [0.25, 0.3) is 0 Å². The number of aliphatic hydroxyl groups excluding tert-OH is 11. The van der Waals surface area contributed by atoms with E-state index in [0.29, 0.717) is 48.3 Å². The predicted octanol–water partition coefficient (Wildman–Crippen LogP) is -0.934. The highest BCUT2D eigenvalue weighted by atomic mass is 16.8. The molecule has 4 aliphatic carbocycles. The standard InChI is InChI=1S/C51H82O21/c1-20-9-14-51(63-19-20)21(2)32-29(72-51)16-28-26-8-7-24-15-25(10-12-49(24,5)27(26)11-13-50(28,32)6)66-48-44(71-46-39(60)37(58)34(55)23(4)65-46)40(61)42(31(18-53)68-48)69-47-41(62)43(35(56)30(17-52)67-47)70-45-38(59)36(57)33(54)22(3)64-45/h7,20-23,25-48,52-62H,8-19H2,1-6H3/t20-,21-,22-,23-,25-,26-,27+,28+,29+,30+,31+,32+,33-,34-,35+,36+,37+,38+,39+,40-,41+,42+,43-,44+,45-,46-,47-,48+,49-,50-,51-/m0/s1. The van der Waals surface area contributed by atoms with Crippen molar-refractivity contribution >= 4 is 0 Å². The normalized spacial score (nSPS) is 57.8. The lowest BCUT2D eigenvalue weighted by atomic mass is 9.47. The van der Waals surface area contributed by atoms with Gasteiger partial charge < -0.3 is 104 Å². The molecule has 21 heteroatoms. The van der Waals surface area contributed by atoms with Crippen molar-refractivity contribution < 1.29 is 104 Å². The third-order valence-corrected chi connectivity index (χ3v) is 19.8. The first kappa shape index (κ1) is 54.3. The van der Waals surface area contributed by atoms with Gasteiger partial charge in [-0.1, -0.05) is 39.3 Å². The van der Waals surface area contributed by atoms with Gasteiger partial charge in [0.2, 0.25) is 0 Å². The first-order valence-electron chi connectivity index (χ1n) is 26.7. The Kier molecular flexibility index (Phi) is 15.5. The van der Waals surface area contributed by atoms with Crippen molar-refractivity contribution in [2.45, 2.75) is 240 Å². The molecule has 0 aromatic heterocycles. The van der Waals surface area contributed by atoms with Gasteiger partial charge in [-0.2, -0.15) is 0 Å². The molecule has 0 aromatic rings. The van der Waals surface area contributed by atoms with E-state index in [-0.39, 0.29) is 16.9 Å². The Morgan fingerprint density at radius 1 is 0.583 bits per heavy atom. The fourth-order valence-electron chi connectivity index (χ4n) is 15.5. The third kappa shape index (κ3) is 9.09. The van der Waals surface area contributed by atoms with Gasteiger partial charge >= 0.3 is 0 Å². The van der Waals surface area contributed by atoms with Crippen molar-refractivity contribution in [3.05, 3.63) is 11.6 Å². The van der Waals surface area contributed by atoms with Crippen LogP contribution in [0.25, 0.3) is 0 Å². The third-order valence-electron chi connectivity index (χ3n) is 19.8. The van der Waals surface area contributed by atoms with Gasteiger partial charge in [-0.3, -0.25) is 0 Å². The maximum atomic E-state index is 12.3. The number of hydrogen-bond acceptors (Lipinski definition) is 21. The van der Waals surface area contributed by atoms with E-state index in [4.69, 9.17) is 47.4 Å². The van der Waals surface area contributed by atoms with Gasteiger partial charge in [0.05, 0.1) is 44.2 Å². The van der Waals surface area contributed by atoms with E-state index in [1.54, 1.807) is 0 Å². The van der Waals surface area contributed by atoms with Gasteiger partial charge in [0, 0.05) is 12.3 Å². The molecule has 6 saturated heterocycles. The molecule has 412 valence electrons. The smallest absolute Gasteiger partial charge is 0.187 e. The van der Waals surface area contributed by atoms with Crippen LogP contribution in [0.15, 0.2) is 11.6 Å². The Morgan fingerprint density at radius 2 is 1.19 bits per heavy atom. The van der Waals surface area contributed by atoms with Crippen LogP contribution in [-0.4, -0.2) is 217 Å². The Balaban J connectivity index is 0.857. The van der Waals surface area contributed by atoms with E-state index in [0.717, 1.165) is 51.6 Å². The van der Waals surface area contributed by atoms with Crippen LogP contribution in [0, 0.1) is 46.3 Å². The van der Waals surface area contributed by atoms with E-state index in [1.807, 2.05) is 0 Å². The Bertz CT molecular complexity index is 1910. The summed E-state index contributed by atoms with van der Waals surface area (Å²) in [6, 6.07) is 0. The van der Waals surface area contributed by atoms with E-state index >= 15 is 0 Å². The van der Waals surface area contributed by atoms with Gasteiger partial charge in [0.15, 0.2) is 30.9 Å². The summed E-state index contributed by atoms with van der Waals surface area (Å²) in [5.41, 5.74) is 1.38. The maximum absolute atomic E-state index is 12.3. The summed E-state index contributed by atoms with van der Waals surface area (Å²) in [6.45, 7) is 11.6. The van der Waals surface area contributed by atoms with Gasteiger partial charge in [-0.15, -0.1) is 0 Å². The second-order valence-corrected chi connectivity index (χ2v) is 23.9. The topological polar surface area (TPSA) is 315 Å². The molecule has 11 N–H and O–H groups in total. The number of rotatable bonds is 10. The largest absolute Gasteiger partial charge is 0.394 e. The van der Waals surface area contributed by atoms with Crippen LogP contribution >= 0.6 is 0 Å². The number of ether oxygens (including phenoxy) is 10. The molecule has 6 heterocycles. The molecule has 10 aliphatic rings. The van der Waals surface area contributed by atoms with E-state index < -0.39 is 148 Å². The molecule has 6 aliphatic heterocycles. The molecule has 0 unspecified atom stereocenters. The highest BCUT2D eigenvalue weighted by molar-refractivity contribution is 5.26. The summed E-state index contributed by atoms with van der Waals surface area (Å²) in [5, 5.41) is 120. The van der Waals surface area contributed by atoms with Gasteiger partial charge in [-0.25, -0.2) is 0 Å². The van der Waals surface area contributed by atoms with Crippen LogP contribution in [0.1, 0.15) is 99.3 Å². The summed E-state index contributed by atoms with van der Waals surface area (Å²) < 4.78 is 62.0. The molecule has 21 nitrogen and oxygen atoms in total. The molecular formula is C51H82O21. The number of aliphatic hydroxyl groups is 11. The summed E-state index contributed by atoms with van der Waals surface area (Å²) in [4.78, 5) is 0. The highest BCUT2D eigenvalue weighted by Gasteiger charge is 2.69. The minimum Gasteiger partial charge on any atom is -0.394 e. The van der Waals surface area contributed by atoms with Crippen LogP contribution in [0.4, 0.5) is 0 Å². The van der Waals surface area contributed by atoms with Crippen LogP contribution in [0.5, 0.6) is 0 Å². The number of fused-ring (bicyclic) bond motifs is 7. The second-order valence-electron chi connectivity index (χ2n) is 23.9. The minimum absolute atomic E-state index is 0.0798. The summed E-state index contributed by atoms with van der Waals surface area (Å²) in [6.07, 6.45) is -21.3. The zero-order valence-corrected chi connectivity index (χ0v) is 42.2. The number of allylic oxidation sites excluding steroid dienone is 1. The molecule has 1 spiro atoms. The summed E-state index contributed by atoms with van der Waals surface area (Å²) in [5.74, 6) is 2.37. The Morgan fingerprint density at radius 3 is 1.82 bits per heavy atom. The monoisotopic (exact) mass is 1030 g/mol. The predicted molar refractivity (Wildman–Crippen MR) is 245 cm³/mol. The lowest BCUT2D eigenvalue weighted by Gasteiger charge is -2.59. The Labute approximate surface area is 420 Å². The molecule has 9 fully saturated rings. The van der Waals surface area contributed by atoms with E-state index in [9.17, 15) is 56.2 Å². The van der Waals surface area contributed by atoms with Crippen molar-refractivity contribution in [2.24, 2.45) is 46.3 Å². The van der Waals surface area contributed by atoms with Crippen molar-refractivity contribution in [1.82, 2.24) is 0 Å². The molecule has 3 saturated carbocycles. The summed E-state index contributed by atoms with van der Waals surface area (Å²) >= 11 is 0. The average molecular weight is 1030 g/mol. The molecular weight excluding hydrogens is 949 g/mol. The minimum atomic E-state index is -1.94. The fraction of sp³-hybridized carbons (Fsp3) is 0.961. The SMILES string of the molecule is C[C@H]1CC[C@]2(OC1)O[C@@H]1C[C@@H]3[C@H]4CC=C5C[C@@H](O[C@@H]6O[C@H](CO)[C@@H](O[C@@H]7O[C@H](CO)[C@@H](O)[C@H](O[C@@H]8O[C@@H](C)[C@H](O)[C@@H](O)[C@H]8O)[C@H]7O)[C@H](O)[C@H]6O[C@@H]6O[C@@H](C)[C@H](O)[C@@H](O)[C@H]6O)CC[C@]5(C)[C@@H]4CC[C@]3(C)[C@@H]1[C@@H]2C. The van der Waals surface area contributed by atoms with Crippen LogP contribution < -0.4 is 0 Å². The lowest BCUT2D eigenvalue weighted by molar-refractivity contribution is -0.396. The lowest BCUT2D eigenvalue weighted by Crippen LogP contribution is -2.67. The van der Waals surface area contributed by atoms with Crippen molar-refractivity contribution in [2.75, 3.05) is 19.8 Å². The first-order valence-corrected chi connectivity index (χ1v) is 26.7. The second kappa shape index (κ2) is 20.6. The van der Waals surface area contributed by atoms with Crippen molar-refractivity contribution in [3.63, 3.8) is 0 Å². The zero-order valence-electron chi connectivity index (χ0n) is 42.2. The number of hydrogen-bond donors (Lipinski definition) is 11. The van der Waals surface area contributed by atoms with Gasteiger partial charge in [0.1, 0.15) is 85.5 Å². The van der Waals surface area contributed by atoms with Crippen molar-refractivity contribution in [3.8, 4) is 0 Å². The Hall–Kier alpha value is -1.10. The molecule has 72 heavy (non-hydrogen) atoms. The van der Waals surface area contributed by atoms with E-state index in [1.165, 1.54) is 19.4 Å². The molecule has 10 rings (SSSR count). The highest BCUT2D eigenvalue weighted by Crippen LogP contribution is 2.71. The van der Waals surface area contributed by atoms with Crippen molar-refractivity contribution in [1.29, 1.82) is 0 Å². The molecule has 0 amide bonds. The van der Waals surface area contributed by atoms with E-state index in [2.05, 4.69) is 33.8 Å². The fourth-order valence-corrected chi connectivity index (χ4v) is 15.5. The van der Waals surface area contributed by atoms with Crippen LogP contribution in [0.3, 0.4) is 0 Å². The zero-order chi connectivity index (χ0) is 51.5. The van der Waals surface area contributed by atoms with Crippen LogP contribution in [0.2, 0.25) is 0 Å². The maximum Gasteiger partial charge on any atom is 0.187 e. The molecule has 31 atom stereocenters. The molecule has 0 aromatic carbocycles. The quantitative estimate of drug-likeness (QED) is 0.118. The molecule has 0 radical (unpaired) electrons. The van der Waals surface area contributed by atoms with Gasteiger partial charge in [-0.05, 0) is 106 Å². The average Bonchev–Trinajstić information content (AvgIpc) is 3.81. The van der Waals surface area contributed by atoms with Crippen LogP contribution in [-0.2, 0) is 47.4 Å². The molecule has 0 bridgehead atoms. The summed E-state index contributed by atoms with van der Waals surface area (Å²) in [7, 11) is 0.